The lowest BCUT2D eigenvalue weighted by atomic mass is 9.98. The van der Waals surface area contributed by atoms with Gasteiger partial charge >= 0.3 is 0 Å². The first kappa shape index (κ1) is 12.0. The van der Waals surface area contributed by atoms with Gasteiger partial charge in [0.2, 0.25) is 0 Å². The molecule has 0 aliphatic rings. The molecule has 78 valence electrons. The number of hydrogen-bond acceptors (Lipinski definition) is 1. The van der Waals surface area contributed by atoms with Crippen molar-refractivity contribution in [2.24, 2.45) is 0 Å². The van der Waals surface area contributed by atoms with Crippen LogP contribution in [0, 0.1) is 0 Å². The van der Waals surface area contributed by atoms with Crippen molar-refractivity contribution in [1.29, 1.82) is 0 Å². The summed E-state index contributed by atoms with van der Waals surface area (Å²) in [6.07, 6.45) is 1.07. The lowest BCUT2D eigenvalue weighted by Gasteiger charge is -2.28. The fraction of sp³-hybridized carbons (Fsp3) is 0.500. The third kappa shape index (κ3) is 2.95. The van der Waals surface area contributed by atoms with Crippen LogP contribution in [0.2, 0.25) is 0 Å². The van der Waals surface area contributed by atoms with Crippen LogP contribution in [0.5, 0.6) is 0 Å². The van der Waals surface area contributed by atoms with Crippen molar-refractivity contribution in [3.05, 3.63) is 35.9 Å². The molecule has 0 aliphatic heterocycles. The van der Waals surface area contributed by atoms with E-state index in [4.69, 9.17) is 4.74 Å². The van der Waals surface area contributed by atoms with E-state index in [2.05, 4.69) is 60.7 Å². The van der Waals surface area contributed by atoms with Crippen molar-refractivity contribution in [3.8, 4) is 0 Å². The second kappa shape index (κ2) is 5.71. The van der Waals surface area contributed by atoms with Gasteiger partial charge in [-0.05, 0) is 18.9 Å². The summed E-state index contributed by atoms with van der Waals surface area (Å²) in [4.78, 5) is 0. The maximum absolute atomic E-state index is 5.91. The molecule has 1 rings (SSSR count). The van der Waals surface area contributed by atoms with Gasteiger partial charge in [-0.2, -0.15) is 0 Å². The Labute approximate surface area is 100.0 Å². The molecule has 1 unspecified atom stereocenters. The van der Waals surface area contributed by atoms with Gasteiger partial charge in [0.1, 0.15) is 0 Å². The highest BCUT2D eigenvalue weighted by molar-refractivity contribution is 14.1. The molecule has 0 saturated heterocycles. The molecule has 0 aromatic heterocycles. The Morgan fingerprint density at radius 1 is 1.29 bits per heavy atom. The van der Waals surface area contributed by atoms with Gasteiger partial charge in [0.25, 0.3) is 0 Å². The molecule has 0 saturated carbocycles. The largest absolute Gasteiger partial charge is 0.370 e. The Bertz CT molecular complexity index is 260. The minimum atomic E-state index is -0.127. The number of ether oxygens (including phenoxy) is 1. The molecule has 0 spiro atoms. The van der Waals surface area contributed by atoms with E-state index < -0.39 is 0 Å². The van der Waals surface area contributed by atoms with E-state index >= 15 is 0 Å². The predicted molar refractivity (Wildman–Crippen MR) is 68.9 cm³/mol. The Hall–Kier alpha value is -0.0900. The SMILES string of the molecule is CCCOC(C)(CI)c1ccccc1. The van der Waals surface area contributed by atoms with Gasteiger partial charge in [0, 0.05) is 11.0 Å². The molecule has 1 atom stereocenters. The first-order valence-corrected chi connectivity index (χ1v) is 6.51. The maximum atomic E-state index is 5.91. The van der Waals surface area contributed by atoms with Gasteiger partial charge < -0.3 is 4.74 Å². The van der Waals surface area contributed by atoms with Crippen molar-refractivity contribution in [2.45, 2.75) is 25.9 Å². The van der Waals surface area contributed by atoms with Crippen molar-refractivity contribution < 1.29 is 4.74 Å². The monoisotopic (exact) mass is 304 g/mol. The summed E-state index contributed by atoms with van der Waals surface area (Å²) in [6, 6.07) is 10.4. The van der Waals surface area contributed by atoms with Crippen LogP contribution in [0.25, 0.3) is 0 Å². The fourth-order valence-corrected chi connectivity index (χ4v) is 1.98. The molecule has 0 fully saturated rings. The first-order chi connectivity index (χ1) is 6.73. The topological polar surface area (TPSA) is 9.23 Å². The Kier molecular flexibility index (Phi) is 4.89. The molecule has 1 aromatic carbocycles. The van der Waals surface area contributed by atoms with Crippen LogP contribution in [0.4, 0.5) is 0 Å². The third-order valence-electron chi connectivity index (χ3n) is 2.26. The molecule has 0 amide bonds. The van der Waals surface area contributed by atoms with Gasteiger partial charge in [0.15, 0.2) is 0 Å². The van der Waals surface area contributed by atoms with Crippen molar-refractivity contribution in [3.63, 3.8) is 0 Å². The molecule has 1 nitrogen and oxygen atoms in total. The number of alkyl halides is 1. The van der Waals surface area contributed by atoms with E-state index in [1.807, 2.05) is 6.07 Å². The molecule has 2 heteroatoms. The second-order valence-electron chi connectivity index (χ2n) is 3.58. The van der Waals surface area contributed by atoms with Crippen LogP contribution < -0.4 is 0 Å². The van der Waals surface area contributed by atoms with Crippen LogP contribution in [-0.4, -0.2) is 11.0 Å². The predicted octanol–water partition coefficient (Wildman–Crippen LogP) is 3.76. The molecule has 1 aromatic rings. The van der Waals surface area contributed by atoms with Crippen molar-refractivity contribution in [1.82, 2.24) is 0 Å². The zero-order valence-corrected chi connectivity index (χ0v) is 11.0. The van der Waals surface area contributed by atoms with Gasteiger partial charge in [-0.1, -0.05) is 59.8 Å². The lowest BCUT2D eigenvalue weighted by Crippen LogP contribution is -2.28. The zero-order valence-electron chi connectivity index (χ0n) is 8.79. The van der Waals surface area contributed by atoms with E-state index in [0.29, 0.717) is 0 Å². The smallest absolute Gasteiger partial charge is 0.0992 e. The number of halogens is 1. The summed E-state index contributed by atoms with van der Waals surface area (Å²) < 4.78 is 6.89. The molecule has 0 N–H and O–H groups in total. The quantitative estimate of drug-likeness (QED) is 0.594. The van der Waals surface area contributed by atoms with Crippen molar-refractivity contribution in [2.75, 3.05) is 11.0 Å². The average Bonchev–Trinajstić information content (AvgIpc) is 2.27. The van der Waals surface area contributed by atoms with Crippen LogP contribution in [0.3, 0.4) is 0 Å². The van der Waals surface area contributed by atoms with E-state index in [1.165, 1.54) is 5.56 Å². The minimum Gasteiger partial charge on any atom is -0.370 e. The maximum Gasteiger partial charge on any atom is 0.0992 e. The number of hydrogen-bond donors (Lipinski definition) is 0. The van der Waals surface area contributed by atoms with Crippen LogP contribution >= 0.6 is 22.6 Å². The summed E-state index contributed by atoms with van der Waals surface area (Å²) >= 11 is 2.38. The van der Waals surface area contributed by atoms with E-state index in [0.717, 1.165) is 17.5 Å². The van der Waals surface area contributed by atoms with Gasteiger partial charge in [-0.25, -0.2) is 0 Å². The van der Waals surface area contributed by atoms with Crippen LogP contribution in [0.15, 0.2) is 30.3 Å². The van der Waals surface area contributed by atoms with Gasteiger partial charge in [-0.15, -0.1) is 0 Å². The second-order valence-corrected chi connectivity index (χ2v) is 4.34. The van der Waals surface area contributed by atoms with Crippen molar-refractivity contribution >= 4 is 22.6 Å². The lowest BCUT2D eigenvalue weighted by molar-refractivity contribution is -0.0150. The Morgan fingerprint density at radius 3 is 2.43 bits per heavy atom. The molecule has 0 radical (unpaired) electrons. The summed E-state index contributed by atoms with van der Waals surface area (Å²) in [6.45, 7) is 5.12. The number of rotatable bonds is 5. The summed E-state index contributed by atoms with van der Waals surface area (Å²) in [5.74, 6) is 0. The highest BCUT2D eigenvalue weighted by Gasteiger charge is 2.25. The minimum absolute atomic E-state index is 0.127. The Morgan fingerprint density at radius 2 is 1.93 bits per heavy atom. The normalized spacial score (nSPS) is 15.1. The van der Waals surface area contributed by atoms with E-state index in [9.17, 15) is 0 Å². The summed E-state index contributed by atoms with van der Waals surface area (Å²) in [5, 5.41) is 0. The molecule has 0 heterocycles. The molecular weight excluding hydrogens is 287 g/mol. The van der Waals surface area contributed by atoms with E-state index in [1.54, 1.807) is 0 Å². The highest BCUT2D eigenvalue weighted by atomic mass is 127. The average molecular weight is 304 g/mol. The van der Waals surface area contributed by atoms with Crippen LogP contribution in [-0.2, 0) is 10.3 Å². The first-order valence-electron chi connectivity index (χ1n) is 4.98. The molecule has 0 aliphatic carbocycles. The van der Waals surface area contributed by atoms with Gasteiger partial charge in [0.05, 0.1) is 5.60 Å². The summed E-state index contributed by atoms with van der Waals surface area (Å²) in [7, 11) is 0. The molecule has 0 bridgehead atoms. The Balaban J connectivity index is 2.79. The van der Waals surface area contributed by atoms with E-state index in [-0.39, 0.29) is 5.60 Å². The summed E-state index contributed by atoms with van der Waals surface area (Å²) in [5.41, 5.74) is 1.14. The molecule has 14 heavy (non-hydrogen) atoms. The number of benzene rings is 1. The standard InChI is InChI=1S/C12H17IO/c1-3-9-14-12(2,10-13)11-7-5-4-6-8-11/h4-8H,3,9-10H2,1-2H3. The zero-order chi connectivity index (χ0) is 10.4. The van der Waals surface area contributed by atoms with Gasteiger partial charge in [-0.3, -0.25) is 0 Å². The highest BCUT2D eigenvalue weighted by Crippen LogP contribution is 2.27. The fourth-order valence-electron chi connectivity index (χ4n) is 1.32. The molecular formula is C12H17IO. The third-order valence-corrected chi connectivity index (χ3v) is 3.72. The van der Waals surface area contributed by atoms with Crippen LogP contribution in [0.1, 0.15) is 25.8 Å².